The Balaban J connectivity index is 1.45. The number of methoxy groups -OCH3 is 1. The fourth-order valence-electron chi connectivity index (χ4n) is 4.70. The lowest BCUT2D eigenvalue weighted by atomic mass is 10.1. The van der Waals surface area contributed by atoms with Gasteiger partial charge in [0, 0.05) is 13.3 Å². The van der Waals surface area contributed by atoms with Crippen molar-refractivity contribution < 1.29 is 22.6 Å². The van der Waals surface area contributed by atoms with Gasteiger partial charge in [-0.3, -0.25) is 19.3 Å². The SMILES string of the molecule is COC(c1cnc(C)cn1)C(C)S(=O)(=O)Nc1nnc([C@@H]2COCCO2)n1C1(C2CC2)CC1. The van der Waals surface area contributed by atoms with Crippen molar-refractivity contribution in [2.75, 3.05) is 31.7 Å². The minimum atomic E-state index is -3.90. The molecule has 0 aromatic carbocycles. The van der Waals surface area contributed by atoms with E-state index in [1.54, 1.807) is 19.3 Å². The summed E-state index contributed by atoms with van der Waals surface area (Å²) < 4.78 is 48.5. The molecule has 2 unspecified atom stereocenters. The maximum Gasteiger partial charge on any atom is 0.240 e. The van der Waals surface area contributed by atoms with Gasteiger partial charge < -0.3 is 14.2 Å². The Morgan fingerprint density at radius 1 is 1.21 bits per heavy atom. The maximum absolute atomic E-state index is 13.4. The first kappa shape index (κ1) is 22.6. The molecule has 0 amide bonds. The number of nitrogens with one attached hydrogen (secondary N) is 1. The molecule has 2 aromatic heterocycles. The van der Waals surface area contributed by atoms with E-state index in [4.69, 9.17) is 14.2 Å². The molecule has 1 saturated heterocycles. The number of rotatable bonds is 9. The second kappa shape index (κ2) is 8.57. The van der Waals surface area contributed by atoms with Gasteiger partial charge in [0.1, 0.15) is 17.5 Å². The highest BCUT2D eigenvalue weighted by Gasteiger charge is 2.58. The van der Waals surface area contributed by atoms with Crippen LogP contribution in [0.2, 0.25) is 0 Å². The number of nitrogens with zero attached hydrogens (tertiary/aromatic N) is 5. The first-order valence-corrected chi connectivity index (χ1v) is 12.9. The van der Waals surface area contributed by atoms with E-state index in [1.807, 2.05) is 11.5 Å². The average Bonchev–Trinajstić information content (AvgIpc) is 3.73. The first-order valence-electron chi connectivity index (χ1n) is 11.3. The minimum absolute atomic E-state index is 0.149. The molecule has 3 atom stereocenters. The van der Waals surface area contributed by atoms with Crippen LogP contribution in [0.4, 0.5) is 5.95 Å². The van der Waals surface area contributed by atoms with Crippen LogP contribution in [0.15, 0.2) is 12.4 Å². The van der Waals surface area contributed by atoms with E-state index in [1.165, 1.54) is 7.11 Å². The molecule has 2 aromatic rings. The van der Waals surface area contributed by atoms with Gasteiger partial charge in [0.2, 0.25) is 16.0 Å². The summed E-state index contributed by atoms with van der Waals surface area (Å²) in [5.74, 6) is 1.35. The highest BCUT2D eigenvalue weighted by molar-refractivity contribution is 7.93. The number of ether oxygens (including phenoxy) is 3. The Morgan fingerprint density at radius 2 is 2.00 bits per heavy atom. The maximum atomic E-state index is 13.4. The minimum Gasteiger partial charge on any atom is -0.376 e. The third kappa shape index (κ3) is 4.25. The van der Waals surface area contributed by atoms with E-state index in [0.29, 0.717) is 37.3 Å². The number of anilines is 1. The van der Waals surface area contributed by atoms with Crippen molar-refractivity contribution in [2.24, 2.45) is 5.92 Å². The molecule has 3 aliphatic rings. The lowest BCUT2D eigenvalue weighted by molar-refractivity contribution is -0.0954. The number of aryl methyl sites for hydroxylation is 1. The van der Waals surface area contributed by atoms with Crippen molar-refractivity contribution in [3.05, 3.63) is 29.6 Å². The van der Waals surface area contributed by atoms with Crippen LogP contribution in [0.25, 0.3) is 0 Å². The standard InChI is InChI=1S/C21H30N6O5S/c1-13-10-23-16(11-22-13)18(30-3)14(2)33(28,29)26-20-25-24-19(17-12-31-8-9-32-17)27(20)21(6-7-21)15-4-5-15/h10-11,14-15,17-18H,4-9,12H2,1-3H3,(H,25,26)/t14?,17-,18?/m0/s1. The summed E-state index contributed by atoms with van der Waals surface area (Å²) in [5, 5.41) is 7.68. The molecule has 2 saturated carbocycles. The summed E-state index contributed by atoms with van der Waals surface area (Å²) in [6.45, 7) is 4.79. The predicted molar refractivity (Wildman–Crippen MR) is 118 cm³/mol. The molecule has 180 valence electrons. The van der Waals surface area contributed by atoms with Crippen molar-refractivity contribution in [1.29, 1.82) is 0 Å². The van der Waals surface area contributed by atoms with Crippen LogP contribution in [0.3, 0.4) is 0 Å². The summed E-state index contributed by atoms with van der Waals surface area (Å²) >= 11 is 0. The summed E-state index contributed by atoms with van der Waals surface area (Å²) in [5.41, 5.74) is 1.04. The number of sulfonamides is 1. The Hall–Kier alpha value is -2.15. The molecule has 11 nitrogen and oxygen atoms in total. The normalized spacial score (nSPS) is 24.3. The van der Waals surface area contributed by atoms with Crippen molar-refractivity contribution in [1.82, 2.24) is 24.7 Å². The Morgan fingerprint density at radius 3 is 2.58 bits per heavy atom. The summed E-state index contributed by atoms with van der Waals surface area (Å²) in [6, 6.07) is 0. The molecule has 3 heterocycles. The highest BCUT2D eigenvalue weighted by Crippen LogP contribution is 2.60. The van der Waals surface area contributed by atoms with Crippen LogP contribution in [0, 0.1) is 12.8 Å². The molecule has 0 bridgehead atoms. The van der Waals surface area contributed by atoms with Crippen LogP contribution >= 0.6 is 0 Å². The van der Waals surface area contributed by atoms with Crippen LogP contribution < -0.4 is 4.72 Å². The van der Waals surface area contributed by atoms with Crippen molar-refractivity contribution in [2.45, 2.75) is 62.5 Å². The Labute approximate surface area is 193 Å². The quantitative estimate of drug-likeness (QED) is 0.574. The predicted octanol–water partition coefficient (Wildman–Crippen LogP) is 1.88. The lowest BCUT2D eigenvalue weighted by Crippen LogP contribution is -2.35. The zero-order valence-electron chi connectivity index (χ0n) is 19.1. The van der Waals surface area contributed by atoms with E-state index in [0.717, 1.165) is 31.4 Å². The number of aromatic nitrogens is 5. The van der Waals surface area contributed by atoms with E-state index >= 15 is 0 Å². The molecule has 33 heavy (non-hydrogen) atoms. The molecule has 0 spiro atoms. The topological polar surface area (TPSA) is 130 Å². The van der Waals surface area contributed by atoms with Gasteiger partial charge >= 0.3 is 0 Å². The molecular weight excluding hydrogens is 448 g/mol. The van der Waals surface area contributed by atoms with Gasteiger partial charge in [-0.15, -0.1) is 10.2 Å². The van der Waals surface area contributed by atoms with Gasteiger partial charge in [0.25, 0.3) is 0 Å². The molecule has 0 radical (unpaired) electrons. The van der Waals surface area contributed by atoms with Crippen molar-refractivity contribution in [3.63, 3.8) is 0 Å². The third-order valence-electron chi connectivity index (χ3n) is 6.83. The van der Waals surface area contributed by atoms with Gasteiger partial charge in [-0.1, -0.05) is 0 Å². The largest absolute Gasteiger partial charge is 0.376 e. The number of hydrogen-bond donors (Lipinski definition) is 1. The van der Waals surface area contributed by atoms with Crippen LogP contribution in [0.5, 0.6) is 0 Å². The van der Waals surface area contributed by atoms with Crippen LogP contribution in [-0.2, 0) is 29.8 Å². The zero-order valence-corrected chi connectivity index (χ0v) is 19.9. The average molecular weight is 479 g/mol. The molecule has 1 N–H and O–H groups in total. The molecule has 2 aliphatic carbocycles. The second-order valence-corrected chi connectivity index (χ2v) is 11.2. The van der Waals surface area contributed by atoms with Gasteiger partial charge in [0.15, 0.2) is 5.82 Å². The zero-order chi connectivity index (χ0) is 23.2. The van der Waals surface area contributed by atoms with Crippen molar-refractivity contribution in [3.8, 4) is 0 Å². The van der Waals surface area contributed by atoms with E-state index in [9.17, 15) is 8.42 Å². The lowest BCUT2D eigenvalue weighted by Gasteiger charge is -2.28. The summed E-state index contributed by atoms with van der Waals surface area (Å²) in [7, 11) is -2.43. The summed E-state index contributed by atoms with van der Waals surface area (Å²) in [4.78, 5) is 8.53. The number of hydrogen-bond acceptors (Lipinski definition) is 9. The molecule has 12 heteroatoms. The second-order valence-electron chi connectivity index (χ2n) is 9.12. The van der Waals surface area contributed by atoms with Gasteiger partial charge in [-0.2, -0.15) is 0 Å². The fraction of sp³-hybridized carbons (Fsp3) is 0.714. The molecular formula is C21H30N6O5S. The fourth-order valence-corrected chi connectivity index (χ4v) is 5.84. The highest BCUT2D eigenvalue weighted by atomic mass is 32.2. The molecule has 5 rings (SSSR count). The van der Waals surface area contributed by atoms with E-state index < -0.39 is 21.4 Å². The Kier molecular flexibility index (Phi) is 5.88. The van der Waals surface area contributed by atoms with Gasteiger partial charge in [-0.05, 0) is 45.4 Å². The van der Waals surface area contributed by atoms with E-state index in [2.05, 4.69) is 24.9 Å². The first-order chi connectivity index (χ1) is 15.9. The van der Waals surface area contributed by atoms with Crippen LogP contribution in [0.1, 0.15) is 62.0 Å². The van der Waals surface area contributed by atoms with Crippen LogP contribution in [-0.4, -0.2) is 65.3 Å². The monoisotopic (exact) mass is 478 g/mol. The van der Waals surface area contributed by atoms with E-state index in [-0.39, 0.29) is 17.6 Å². The molecule has 3 fully saturated rings. The molecule has 1 aliphatic heterocycles. The smallest absolute Gasteiger partial charge is 0.240 e. The van der Waals surface area contributed by atoms with Crippen molar-refractivity contribution >= 4 is 16.0 Å². The van der Waals surface area contributed by atoms with Gasteiger partial charge in [0.05, 0.1) is 42.9 Å². The van der Waals surface area contributed by atoms with Gasteiger partial charge in [-0.25, -0.2) is 8.42 Å². The Bertz CT molecular complexity index is 1090. The third-order valence-corrected chi connectivity index (χ3v) is 8.53. The summed E-state index contributed by atoms with van der Waals surface area (Å²) in [6.07, 6.45) is 6.17.